The zero-order valence-corrected chi connectivity index (χ0v) is 15.6. The van der Waals surface area contributed by atoms with E-state index in [0.717, 1.165) is 38.5 Å². The summed E-state index contributed by atoms with van der Waals surface area (Å²) in [6.45, 7) is 2.00. The summed E-state index contributed by atoms with van der Waals surface area (Å²) in [5, 5.41) is 3.54. The van der Waals surface area contributed by atoms with E-state index in [0.29, 0.717) is 17.6 Å². The van der Waals surface area contributed by atoms with Crippen LogP contribution in [0.25, 0.3) is 11.0 Å². The van der Waals surface area contributed by atoms with Crippen LogP contribution in [-0.2, 0) is 4.79 Å². The van der Waals surface area contributed by atoms with E-state index in [2.05, 4.69) is 5.32 Å². The summed E-state index contributed by atoms with van der Waals surface area (Å²) in [4.78, 5) is 36.4. The second-order valence-electron chi connectivity index (χ2n) is 7.03. The van der Waals surface area contributed by atoms with Crippen molar-refractivity contribution in [2.24, 2.45) is 0 Å². The Morgan fingerprint density at radius 1 is 1.19 bits per heavy atom. The van der Waals surface area contributed by atoms with Gasteiger partial charge in [-0.25, -0.2) is 4.79 Å². The first-order valence-electron chi connectivity index (χ1n) is 9.66. The lowest BCUT2D eigenvalue weighted by Gasteiger charge is -2.22. The van der Waals surface area contributed by atoms with Gasteiger partial charge in [0.05, 0.1) is 0 Å². The molecule has 0 bridgehead atoms. The third kappa shape index (κ3) is 4.96. The normalized spacial score (nSPS) is 14.9. The first kappa shape index (κ1) is 19.1. The van der Waals surface area contributed by atoms with Crippen LogP contribution in [-0.4, -0.2) is 17.9 Å². The molecule has 1 amide bonds. The minimum Gasteiger partial charge on any atom is -0.426 e. The average Bonchev–Trinajstić information content (AvgIpc) is 2.66. The van der Waals surface area contributed by atoms with Gasteiger partial charge in [-0.05, 0) is 37.5 Å². The van der Waals surface area contributed by atoms with Crippen molar-refractivity contribution in [2.45, 2.75) is 64.3 Å². The minimum absolute atomic E-state index is 0.000707. The molecule has 144 valence electrons. The highest BCUT2D eigenvalue weighted by molar-refractivity contribution is 5.97. The number of fused-ring (bicyclic) bond motifs is 1. The molecule has 3 rings (SSSR count). The van der Waals surface area contributed by atoms with Crippen LogP contribution in [0.2, 0.25) is 0 Å². The fourth-order valence-electron chi connectivity index (χ4n) is 3.33. The molecule has 0 atom stereocenters. The van der Waals surface area contributed by atoms with Crippen LogP contribution in [0.15, 0.2) is 33.5 Å². The van der Waals surface area contributed by atoms with Crippen LogP contribution in [0, 0.1) is 0 Å². The number of carbonyl (C=O) groups is 2. The van der Waals surface area contributed by atoms with Gasteiger partial charge >= 0.3 is 11.6 Å². The highest BCUT2D eigenvalue weighted by Crippen LogP contribution is 2.22. The largest absolute Gasteiger partial charge is 0.426 e. The molecule has 1 saturated carbocycles. The van der Waals surface area contributed by atoms with Gasteiger partial charge in [0.15, 0.2) is 0 Å². The molecule has 6 nitrogen and oxygen atoms in total. The quantitative estimate of drug-likeness (QED) is 0.472. The van der Waals surface area contributed by atoms with E-state index >= 15 is 0 Å². The van der Waals surface area contributed by atoms with Crippen LogP contribution >= 0.6 is 0 Å². The highest BCUT2D eigenvalue weighted by Gasteiger charge is 2.20. The number of unbranched alkanes of at least 4 members (excludes halogenated alkanes) is 1. The summed E-state index contributed by atoms with van der Waals surface area (Å²) in [6.07, 6.45) is 7.28. The van der Waals surface area contributed by atoms with E-state index in [9.17, 15) is 14.4 Å². The van der Waals surface area contributed by atoms with Crippen LogP contribution in [0.1, 0.15) is 68.6 Å². The first-order valence-corrected chi connectivity index (χ1v) is 9.66. The van der Waals surface area contributed by atoms with Crippen molar-refractivity contribution >= 4 is 22.8 Å². The maximum absolute atomic E-state index is 12.4. The number of hydrogen-bond acceptors (Lipinski definition) is 5. The lowest BCUT2D eigenvalue weighted by Crippen LogP contribution is -2.38. The van der Waals surface area contributed by atoms with E-state index < -0.39 is 11.5 Å². The van der Waals surface area contributed by atoms with Gasteiger partial charge in [-0.2, -0.15) is 0 Å². The summed E-state index contributed by atoms with van der Waals surface area (Å²) in [7, 11) is 0. The van der Waals surface area contributed by atoms with Gasteiger partial charge in [-0.3, -0.25) is 9.59 Å². The summed E-state index contributed by atoms with van der Waals surface area (Å²) in [5.74, 6) is -0.388. The second-order valence-corrected chi connectivity index (χ2v) is 7.03. The number of benzene rings is 1. The van der Waals surface area contributed by atoms with Gasteiger partial charge in [0.1, 0.15) is 16.9 Å². The third-order valence-corrected chi connectivity index (χ3v) is 4.86. The Morgan fingerprint density at radius 3 is 2.70 bits per heavy atom. The highest BCUT2D eigenvalue weighted by atomic mass is 16.5. The zero-order valence-electron chi connectivity index (χ0n) is 15.6. The monoisotopic (exact) mass is 371 g/mol. The molecule has 0 radical (unpaired) electrons. The Labute approximate surface area is 157 Å². The number of amides is 1. The number of ether oxygens (including phenoxy) is 1. The van der Waals surface area contributed by atoms with Crippen LogP contribution in [0.4, 0.5) is 0 Å². The van der Waals surface area contributed by atoms with Crippen molar-refractivity contribution in [3.63, 3.8) is 0 Å². The Morgan fingerprint density at radius 2 is 1.96 bits per heavy atom. The SMILES string of the molecule is CCCCC(=O)Oc1ccc2cc(C(=O)NC3CCCCC3)c(=O)oc2c1. The maximum Gasteiger partial charge on any atom is 0.349 e. The maximum atomic E-state index is 12.4. The number of rotatable bonds is 6. The van der Waals surface area contributed by atoms with Crippen molar-refractivity contribution in [3.05, 3.63) is 40.2 Å². The summed E-state index contributed by atoms with van der Waals surface area (Å²) >= 11 is 0. The lowest BCUT2D eigenvalue weighted by atomic mass is 9.95. The Kier molecular flexibility index (Phi) is 6.27. The standard InChI is InChI=1S/C21H25NO5/c1-2-3-9-19(23)26-16-11-10-14-12-17(21(25)27-18(14)13-16)20(24)22-15-7-5-4-6-8-15/h10-13,15H,2-9H2,1H3,(H,22,24). The molecule has 0 aliphatic heterocycles. The van der Waals surface area contributed by atoms with E-state index in [1.807, 2.05) is 6.92 Å². The van der Waals surface area contributed by atoms with Gasteiger partial charge in [-0.15, -0.1) is 0 Å². The molecule has 6 heteroatoms. The predicted octanol–water partition coefficient (Wildman–Crippen LogP) is 3.95. The van der Waals surface area contributed by atoms with E-state index in [1.165, 1.54) is 18.6 Å². The van der Waals surface area contributed by atoms with Gasteiger partial charge in [-0.1, -0.05) is 32.6 Å². The zero-order chi connectivity index (χ0) is 19.2. The van der Waals surface area contributed by atoms with Gasteiger partial charge < -0.3 is 14.5 Å². The van der Waals surface area contributed by atoms with Crippen LogP contribution < -0.4 is 15.7 Å². The number of esters is 1. The van der Waals surface area contributed by atoms with Crippen molar-refractivity contribution in [2.75, 3.05) is 0 Å². The first-order chi connectivity index (χ1) is 13.1. The molecule has 0 unspecified atom stereocenters. The molecule has 2 aromatic rings. The topological polar surface area (TPSA) is 85.6 Å². The fourth-order valence-corrected chi connectivity index (χ4v) is 3.33. The molecular formula is C21H25NO5. The molecule has 27 heavy (non-hydrogen) atoms. The van der Waals surface area contributed by atoms with Gasteiger partial charge in [0.2, 0.25) is 0 Å². The lowest BCUT2D eigenvalue weighted by molar-refractivity contribution is -0.134. The Hall–Kier alpha value is -2.63. The van der Waals surface area contributed by atoms with E-state index in [-0.39, 0.29) is 23.2 Å². The van der Waals surface area contributed by atoms with Crippen molar-refractivity contribution in [1.82, 2.24) is 5.32 Å². The molecular weight excluding hydrogens is 346 g/mol. The molecule has 0 spiro atoms. The molecule has 1 aromatic heterocycles. The van der Waals surface area contributed by atoms with Crippen LogP contribution in [0.5, 0.6) is 5.75 Å². The summed E-state index contributed by atoms with van der Waals surface area (Å²) in [5.41, 5.74) is -0.402. The molecule has 1 aromatic carbocycles. The molecule has 1 fully saturated rings. The fraction of sp³-hybridized carbons (Fsp3) is 0.476. The Bertz CT molecular complexity index is 880. The van der Waals surface area contributed by atoms with Crippen LogP contribution in [0.3, 0.4) is 0 Å². The number of nitrogens with one attached hydrogen (secondary N) is 1. The molecule has 1 heterocycles. The molecule has 1 aliphatic rings. The smallest absolute Gasteiger partial charge is 0.349 e. The summed E-state index contributed by atoms with van der Waals surface area (Å²) in [6, 6.07) is 6.46. The third-order valence-electron chi connectivity index (χ3n) is 4.86. The molecule has 1 N–H and O–H groups in total. The molecule has 1 aliphatic carbocycles. The van der Waals surface area contributed by atoms with Gasteiger partial charge in [0, 0.05) is 23.9 Å². The van der Waals surface area contributed by atoms with Crippen molar-refractivity contribution in [3.8, 4) is 5.75 Å². The van der Waals surface area contributed by atoms with Gasteiger partial charge in [0.25, 0.3) is 5.91 Å². The van der Waals surface area contributed by atoms with Crippen molar-refractivity contribution < 1.29 is 18.7 Å². The number of hydrogen-bond donors (Lipinski definition) is 1. The van der Waals surface area contributed by atoms with E-state index in [1.54, 1.807) is 12.1 Å². The minimum atomic E-state index is -0.690. The number of carbonyl (C=O) groups excluding carboxylic acids is 2. The van der Waals surface area contributed by atoms with E-state index in [4.69, 9.17) is 9.15 Å². The second kappa shape index (κ2) is 8.84. The average molecular weight is 371 g/mol. The Balaban J connectivity index is 1.76. The summed E-state index contributed by atoms with van der Waals surface area (Å²) < 4.78 is 10.6. The molecule has 0 saturated heterocycles. The predicted molar refractivity (Wildman–Crippen MR) is 102 cm³/mol. The van der Waals surface area contributed by atoms with Crippen molar-refractivity contribution in [1.29, 1.82) is 0 Å².